The van der Waals surface area contributed by atoms with Crippen LogP contribution >= 0.6 is 8.81 Å². The van der Waals surface area contributed by atoms with Gasteiger partial charge in [-0.05, 0) is 133 Å². The number of hydrogen-bond acceptors (Lipinski definition) is 14. The molecule has 67 heavy (non-hydrogen) atoms. The van der Waals surface area contributed by atoms with Crippen LogP contribution in [0.1, 0.15) is 130 Å². The molecule has 2 unspecified atom stereocenters. The number of rotatable bonds is 9. The number of ketones is 1. The maximum Gasteiger partial charge on any atom is 0.342 e. The number of esters is 2. The Labute approximate surface area is 397 Å². The van der Waals surface area contributed by atoms with Gasteiger partial charge in [0.25, 0.3) is 0 Å². The van der Waals surface area contributed by atoms with Gasteiger partial charge in [-0.1, -0.05) is 68.5 Å². The van der Waals surface area contributed by atoms with Gasteiger partial charge in [0, 0.05) is 34.4 Å². The molecule has 2 saturated heterocycles. The van der Waals surface area contributed by atoms with E-state index in [0.29, 0.717) is 45.6 Å². The van der Waals surface area contributed by atoms with Crippen molar-refractivity contribution in [3.8, 4) is 11.5 Å². The Morgan fingerprint density at radius 1 is 0.672 bits per heavy atom. The molecule has 2 aromatic rings. The molecule has 0 aliphatic carbocycles. The second-order valence-corrected chi connectivity index (χ2v) is 19.8. The van der Waals surface area contributed by atoms with Gasteiger partial charge in [-0.15, -0.1) is 0 Å². The van der Waals surface area contributed by atoms with Gasteiger partial charge >= 0.3 is 11.9 Å². The maximum atomic E-state index is 13.1. The first-order valence-corrected chi connectivity index (χ1v) is 24.5. The molecule has 4 aliphatic rings. The fraction of sp³-hybridized carbons (Fsp3) is 0.558. The minimum absolute atomic E-state index is 0.0306. The molecule has 0 spiro atoms. The number of aromatic hydroxyl groups is 2. The van der Waals surface area contributed by atoms with Crippen LogP contribution in [0.3, 0.4) is 0 Å². The van der Waals surface area contributed by atoms with Crippen LogP contribution in [0.4, 0.5) is 0 Å². The molecule has 0 radical (unpaired) electrons. The fourth-order valence-corrected chi connectivity index (χ4v) is 8.89. The fourth-order valence-electron chi connectivity index (χ4n) is 8.29. The van der Waals surface area contributed by atoms with E-state index in [1.54, 1.807) is 71.2 Å². The number of hydrogen-bond donors (Lipinski definition) is 4. The quantitative estimate of drug-likeness (QED) is 0.0808. The highest BCUT2D eigenvalue weighted by molar-refractivity contribution is 7.32. The van der Waals surface area contributed by atoms with Crippen molar-refractivity contribution in [3.63, 3.8) is 0 Å². The number of cyclic esters (lactones) is 2. The van der Waals surface area contributed by atoms with E-state index in [9.17, 15) is 29.7 Å². The minimum atomic E-state index is -0.883. The molecule has 0 bridgehead atoms. The van der Waals surface area contributed by atoms with E-state index in [-0.39, 0.29) is 53.0 Å². The summed E-state index contributed by atoms with van der Waals surface area (Å²) in [7, 11) is 2.21. The van der Waals surface area contributed by atoms with Crippen molar-refractivity contribution in [2.45, 2.75) is 155 Å². The molecular weight excluding hydrogens is 880 g/mol. The summed E-state index contributed by atoms with van der Waals surface area (Å²) in [5, 5.41) is 41.3. The Bertz CT molecular complexity index is 2140. The maximum absolute atomic E-state index is 13.1. The zero-order chi connectivity index (χ0) is 49.1. The highest BCUT2D eigenvalue weighted by Crippen LogP contribution is 2.36. The summed E-state index contributed by atoms with van der Waals surface area (Å²) in [6, 6.07) is 6.94. The largest absolute Gasteiger partial charge is 0.507 e. The Morgan fingerprint density at radius 3 is 1.76 bits per heavy atom. The summed E-state index contributed by atoms with van der Waals surface area (Å²) in [4.78, 5) is 38.8. The number of carbonyl (C=O) groups is 3. The van der Waals surface area contributed by atoms with E-state index in [1.165, 1.54) is 12.1 Å². The molecular formula is C52H71O14P. The number of aliphatic hydroxyl groups is 2. The van der Waals surface area contributed by atoms with Crippen LogP contribution < -0.4 is 0 Å². The Balaban J connectivity index is 0.000000252. The zero-order valence-corrected chi connectivity index (χ0v) is 41.4. The first kappa shape index (κ1) is 53.7. The molecule has 0 amide bonds. The van der Waals surface area contributed by atoms with Gasteiger partial charge in [0.1, 0.15) is 53.1 Å². The van der Waals surface area contributed by atoms with Crippen LogP contribution in [0.15, 0.2) is 60.7 Å². The SMILES string of the molecule is COPCCCCc1cc(O)c2c(c1)C=CC[C@@H]1OC(C)(C)O[C@@H]1C(O)/C=C\[C@@H](C)[C@H](C)OC2=O.C[C@@H]1/C=C\C(=O)[C@H]2OC(C)(C)O[C@H]2C/C=C/c2cc(CCCO)cc(O)c2C(=O)O[C@H]1C. The van der Waals surface area contributed by atoms with Gasteiger partial charge in [-0.3, -0.25) is 4.79 Å². The number of aliphatic hydroxyl groups excluding tert-OH is 2. The van der Waals surface area contributed by atoms with Crippen LogP contribution in [-0.2, 0) is 50.6 Å². The van der Waals surface area contributed by atoms with Crippen LogP contribution in [0.5, 0.6) is 11.5 Å². The zero-order valence-electron chi connectivity index (χ0n) is 40.4. The van der Waals surface area contributed by atoms with Crippen LogP contribution in [0.25, 0.3) is 12.2 Å². The number of unbranched alkanes of at least 4 members (excludes halogenated alkanes) is 1. The van der Waals surface area contributed by atoms with Crippen molar-refractivity contribution in [3.05, 3.63) is 94.1 Å². The van der Waals surface area contributed by atoms with Gasteiger partial charge < -0.3 is 53.4 Å². The van der Waals surface area contributed by atoms with Crippen LogP contribution in [0, 0.1) is 11.8 Å². The molecule has 14 nitrogen and oxygen atoms in total. The Morgan fingerprint density at radius 2 is 1.19 bits per heavy atom. The smallest absolute Gasteiger partial charge is 0.342 e. The molecule has 4 heterocycles. The Hall–Kier alpha value is -4.24. The Kier molecular flexibility index (Phi) is 19.5. The molecule has 4 N–H and O–H groups in total. The van der Waals surface area contributed by atoms with Gasteiger partial charge in [0.05, 0.1) is 12.2 Å². The average Bonchev–Trinajstić information content (AvgIpc) is 3.75. The molecule has 368 valence electrons. The summed E-state index contributed by atoms with van der Waals surface area (Å²) < 4.78 is 40.3. The third-order valence-electron chi connectivity index (χ3n) is 12.2. The lowest BCUT2D eigenvalue weighted by atomic mass is 9.97. The topological polar surface area (TPSA) is 197 Å². The van der Waals surface area contributed by atoms with E-state index >= 15 is 0 Å². The monoisotopic (exact) mass is 950 g/mol. The minimum Gasteiger partial charge on any atom is -0.507 e. The number of phenols is 2. The third kappa shape index (κ3) is 15.1. The number of phenolic OH excluding ortho intramolecular Hbond substituents is 2. The van der Waals surface area contributed by atoms with E-state index in [0.717, 1.165) is 36.6 Å². The number of carbonyl (C=O) groups excluding carboxylic acids is 3. The second-order valence-electron chi connectivity index (χ2n) is 18.6. The molecule has 2 aromatic carbocycles. The van der Waals surface area contributed by atoms with Crippen molar-refractivity contribution in [1.29, 1.82) is 0 Å². The number of aryl methyl sites for hydroxylation is 2. The highest BCUT2D eigenvalue weighted by Gasteiger charge is 2.45. The first-order chi connectivity index (χ1) is 31.7. The standard InChI is InChI=1S/C27H39O7P.C25H32O7/c1-17-12-13-21(28)25-23(33-27(3,4)34-25)11-8-10-20-15-19(9-6-7-14-35-31-5)16-22(29)24(20)26(30)32-18(17)2;1-15-10-11-19(27)23-21(31-25(3,4)32-23)9-5-8-18-13-17(7-6-12-26)14-20(28)22(18)24(29)30-16(15)2/h8,10,12-13,15-18,21,23,25,28-29,35H,6-7,9,11,14H2,1-5H3;5,8,10-11,13-16,21,23,26,28H,6-7,9,12H2,1-4H3/b10-8?,13-12-;8-5+,11-10-/t17-,18+,21?,23+,25-;15-,16+,21+,23-/m11/s1. The van der Waals surface area contributed by atoms with Crippen molar-refractivity contribution in [2.75, 3.05) is 19.9 Å². The van der Waals surface area contributed by atoms with E-state index in [2.05, 4.69) is 0 Å². The highest BCUT2D eigenvalue weighted by atomic mass is 31.1. The van der Waals surface area contributed by atoms with Crippen LogP contribution in [-0.4, -0.2) is 112 Å². The molecule has 10 atom stereocenters. The molecule has 0 aromatic heterocycles. The van der Waals surface area contributed by atoms with Gasteiger partial charge in [0.2, 0.25) is 0 Å². The van der Waals surface area contributed by atoms with Crippen molar-refractivity contribution < 1.29 is 67.8 Å². The summed E-state index contributed by atoms with van der Waals surface area (Å²) in [6.07, 6.45) is 15.7. The number of benzene rings is 2. The number of ether oxygens (including phenoxy) is 6. The van der Waals surface area contributed by atoms with Gasteiger partial charge in [-0.2, -0.15) is 0 Å². The van der Waals surface area contributed by atoms with E-state index in [1.807, 2.05) is 52.0 Å². The van der Waals surface area contributed by atoms with Gasteiger partial charge in [0.15, 0.2) is 17.4 Å². The van der Waals surface area contributed by atoms with Crippen molar-refractivity contribution in [1.82, 2.24) is 0 Å². The molecule has 0 saturated carbocycles. The number of fused-ring (bicyclic) bond motifs is 4. The molecule has 4 aliphatic heterocycles. The normalized spacial score (nSPS) is 30.0. The summed E-state index contributed by atoms with van der Waals surface area (Å²) in [6.45, 7) is 14.5. The van der Waals surface area contributed by atoms with Crippen molar-refractivity contribution in [2.24, 2.45) is 11.8 Å². The predicted molar refractivity (Wildman–Crippen MR) is 257 cm³/mol. The lowest BCUT2D eigenvalue weighted by molar-refractivity contribution is -0.152. The molecule has 2 fully saturated rings. The lowest BCUT2D eigenvalue weighted by Gasteiger charge is -2.22. The van der Waals surface area contributed by atoms with Crippen molar-refractivity contribution >= 4 is 38.7 Å². The second kappa shape index (κ2) is 24.4. The molecule has 6 rings (SSSR count). The van der Waals surface area contributed by atoms with E-state index in [4.69, 9.17) is 38.1 Å². The lowest BCUT2D eigenvalue weighted by Crippen LogP contribution is -2.34. The molecule has 15 heteroatoms. The summed E-state index contributed by atoms with van der Waals surface area (Å²) in [5.74, 6) is -3.72. The average molecular weight is 951 g/mol. The third-order valence-corrected chi connectivity index (χ3v) is 13.0. The summed E-state index contributed by atoms with van der Waals surface area (Å²) >= 11 is 0. The predicted octanol–water partition coefficient (Wildman–Crippen LogP) is 8.55. The van der Waals surface area contributed by atoms with E-state index < -0.39 is 60.1 Å². The first-order valence-electron chi connectivity index (χ1n) is 23.4. The summed E-state index contributed by atoms with van der Waals surface area (Å²) in [5.41, 5.74) is 3.12. The van der Waals surface area contributed by atoms with Crippen LogP contribution in [0.2, 0.25) is 0 Å². The van der Waals surface area contributed by atoms with Gasteiger partial charge in [-0.25, -0.2) is 9.59 Å².